The SMILES string of the molecule is CN=C(NCC1CN(CC(C)C)CCO1)NCC(OC)c1ccccc1. The number of nitrogens with zero attached hydrogens (tertiary/aromatic N) is 2. The lowest BCUT2D eigenvalue weighted by molar-refractivity contribution is -0.0284. The van der Waals surface area contributed by atoms with Crippen molar-refractivity contribution in [3.05, 3.63) is 35.9 Å². The van der Waals surface area contributed by atoms with E-state index in [-0.39, 0.29) is 12.2 Å². The number of guanidine groups is 1. The Hall–Kier alpha value is -1.63. The summed E-state index contributed by atoms with van der Waals surface area (Å²) in [4.78, 5) is 6.79. The van der Waals surface area contributed by atoms with Crippen molar-refractivity contribution in [2.24, 2.45) is 10.9 Å². The van der Waals surface area contributed by atoms with Gasteiger partial charge in [0.25, 0.3) is 0 Å². The van der Waals surface area contributed by atoms with Crippen LogP contribution in [-0.2, 0) is 9.47 Å². The zero-order chi connectivity index (χ0) is 18.8. The van der Waals surface area contributed by atoms with Gasteiger partial charge in [-0.3, -0.25) is 9.89 Å². The molecule has 1 aromatic carbocycles. The summed E-state index contributed by atoms with van der Waals surface area (Å²) >= 11 is 0. The van der Waals surface area contributed by atoms with E-state index in [1.807, 2.05) is 18.2 Å². The molecule has 1 heterocycles. The van der Waals surface area contributed by atoms with Crippen LogP contribution in [0.25, 0.3) is 0 Å². The molecule has 1 aliphatic rings. The van der Waals surface area contributed by atoms with Gasteiger partial charge in [0.1, 0.15) is 0 Å². The minimum absolute atomic E-state index is 0.0118. The predicted molar refractivity (Wildman–Crippen MR) is 107 cm³/mol. The van der Waals surface area contributed by atoms with E-state index >= 15 is 0 Å². The molecule has 2 unspecified atom stereocenters. The predicted octanol–water partition coefficient (Wildman–Crippen LogP) is 1.90. The number of hydrogen-bond acceptors (Lipinski definition) is 4. The Morgan fingerprint density at radius 3 is 2.73 bits per heavy atom. The van der Waals surface area contributed by atoms with Gasteiger partial charge in [-0.2, -0.15) is 0 Å². The quantitative estimate of drug-likeness (QED) is 0.546. The normalized spacial score (nSPS) is 20.2. The lowest BCUT2D eigenvalue weighted by Crippen LogP contribution is -2.50. The first-order chi connectivity index (χ1) is 12.6. The van der Waals surface area contributed by atoms with Gasteiger partial charge in [0.15, 0.2) is 5.96 Å². The fraction of sp³-hybridized carbons (Fsp3) is 0.650. The van der Waals surface area contributed by atoms with E-state index in [9.17, 15) is 0 Å². The van der Waals surface area contributed by atoms with Gasteiger partial charge in [0.05, 0.1) is 18.8 Å². The Labute approximate surface area is 158 Å². The molecule has 2 N–H and O–H groups in total. The summed E-state index contributed by atoms with van der Waals surface area (Å²) in [7, 11) is 3.52. The highest BCUT2D eigenvalue weighted by Crippen LogP contribution is 2.14. The minimum atomic E-state index is -0.0118. The van der Waals surface area contributed by atoms with Crippen molar-refractivity contribution in [2.45, 2.75) is 26.1 Å². The molecule has 6 nitrogen and oxygen atoms in total. The summed E-state index contributed by atoms with van der Waals surface area (Å²) in [6.07, 6.45) is 0.176. The van der Waals surface area contributed by atoms with E-state index in [2.05, 4.69) is 46.5 Å². The monoisotopic (exact) mass is 362 g/mol. The highest BCUT2D eigenvalue weighted by molar-refractivity contribution is 5.79. The number of nitrogens with one attached hydrogen (secondary N) is 2. The maximum atomic E-state index is 5.89. The number of rotatable bonds is 8. The van der Waals surface area contributed by atoms with E-state index in [0.717, 1.165) is 44.3 Å². The zero-order valence-electron chi connectivity index (χ0n) is 16.6. The Morgan fingerprint density at radius 2 is 2.08 bits per heavy atom. The van der Waals surface area contributed by atoms with E-state index in [1.165, 1.54) is 0 Å². The first-order valence-corrected chi connectivity index (χ1v) is 9.48. The van der Waals surface area contributed by atoms with Crippen molar-refractivity contribution in [1.29, 1.82) is 0 Å². The van der Waals surface area contributed by atoms with E-state index in [0.29, 0.717) is 12.5 Å². The Kier molecular flexibility index (Phi) is 8.88. The molecular formula is C20H34N4O2. The van der Waals surface area contributed by atoms with Crippen LogP contribution in [0.2, 0.25) is 0 Å². The van der Waals surface area contributed by atoms with Crippen LogP contribution in [-0.4, -0.2) is 70.5 Å². The van der Waals surface area contributed by atoms with Crippen LogP contribution in [0, 0.1) is 5.92 Å². The highest BCUT2D eigenvalue weighted by Gasteiger charge is 2.21. The molecule has 2 atom stereocenters. The number of aliphatic imine (C=N–C) groups is 1. The minimum Gasteiger partial charge on any atom is -0.375 e. The number of hydrogen-bond donors (Lipinski definition) is 2. The van der Waals surface area contributed by atoms with Crippen LogP contribution < -0.4 is 10.6 Å². The fourth-order valence-corrected chi connectivity index (χ4v) is 3.21. The molecular weight excluding hydrogens is 328 g/mol. The molecule has 0 aliphatic carbocycles. The van der Waals surface area contributed by atoms with Crippen LogP contribution >= 0.6 is 0 Å². The fourth-order valence-electron chi connectivity index (χ4n) is 3.21. The average Bonchev–Trinajstić information content (AvgIpc) is 2.65. The van der Waals surface area contributed by atoms with Gasteiger partial charge in [-0.1, -0.05) is 44.2 Å². The van der Waals surface area contributed by atoms with Gasteiger partial charge < -0.3 is 20.1 Å². The number of methoxy groups -OCH3 is 1. The van der Waals surface area contributed by atoms with Gasteiger partial charge in [-0.15, -0.1) is 0 Å². The van der Waals surface area contributed by atoms with Crippen LogP contribution in [0.4, 0.5) is 0 Å². The first-order valence-electron chi connectivity index (χ1n) is 9.48. The molecule has 146 valence electrons. The summed E-state index contributed by atoms with van der Waals surface area (Å²) in [6, 6.07) is 10.2. The molecule has 6 heteroatoms. The molecule has 2 rings (SSSR count). The Morgan fingerprint density at radius 1 is 1.31 bits per heavy atom. The van der Waals surface area contributed by atoms with Crippen LogP contribution in [0.15, 0.2) is 35.3 Å². The van der Waals surface area contributed by atoms with Crippen molar-refractivity contribution >= 4 is 5.96 Å². The summed E-state index contributed by atoms with van der Waals surface area (Å²) in [5, 5.41) is 6.72. The van der Waals surface area contributed by atoms with Crippen LogP contribution in [0.3, 0.4) is 0 Å². The topological polar surface area (TPSA) is 58.1 Å². The van der Waals surface area contributed by atoms with Crippen molar-refractivity contribution in [1.82, 2.24) is 15.5 Å². The third-order valence-corrected chi connectivity index (χ3v) is 4.48. The molecule has 0 radical (unpaired) electrons. The van der Waals surface area contributed by atoms with Crippen LogP contribution in [0.1, 0.15) is 25.5 Å². The highest BCUT2D eigenvalue weighted by atomic mass is 16.5. The lowest BCUT2D eigenvalue weighted by Gasteiger charge is -2.34. The molecule has 0 spiro atoms. The smallest absolute Gasteiger partial charge is 0.191 e. The second-order valence-corrected chi connectivity index (χ2v) is 7.12. The van der Waals surface area contributed by atoms with Crippen molar-refractivity contribution < 1.29 is 9.47 Å². The standard InChI is InChI=1S/C20H34N4O2/c1-16(2)14-24-10-11-26-18(15-24)12-22-20(21-3)23-13-19(25-4)17-8-6-5-7-9-17/h5-9,16,18-19H,10-15H2,1-4H3,(H2,21,22,23). The maximum Gasteiger partial charge on any atom is 0.191 e. The molecule has 26 heavy (non-hydrogen) atoms. The van der Waals surface area contributed by atoms with Gasteiger partial charge >= 0.3 is 0 Å². The second-order valence-electron chi connectivity index (χ2n) is 7.12. The summed E-state index contributed by atoms with van der Waals surface area (Å²) in [5.74, 6) is 1.45. The molecule has 1 aromatic rings. The maximum absolute atomic E-state index is 5.89. The van der Waals surface area contributed by atoms with Crippen LogP contribution in [0.5, 0.6) is 0 Å². The molecule has 0 bridgehead atoms. The molecule has 1 fully saturated rings. The first kappa shape index (κ1) is 20.7. The third kappa shape index (κ3) is 6.94. The number of benzene rings is 1. The lowest BCUT2D eigenvalue weighted by atomic mass is 10.1. The Balaban J connectivity index is 1.77. The summed E-state index contributed by atoms with van der Waals surface area (Å²) < 4.78 is 11.5. The average molecular weight is 363 g/mol. The third-order valence-electron chi connectivity index (χ3n) is 4.48. The zero-order valence-corrected chi connectivity index (χ0v) is 16.6. The number of ether oxygens (including phenoxy) is 2. The van der Waals surface area contributed by atoms with Crippen molar-refractivity contribution in [2.75, 3.05) is 53.5 Å². The molecule has 0 aromatic heterocycles. The van der Waals surface area contributed by atoms with Gasteiger partial charge in [0.2, 0.25) is 0 Å². The van der Waals surface area contributed by atoms with E-state index < -0.39 is 0 Å². The van der Waals surface area contributed by atoms with Gasteiger partial charge in [-0.05, 0) is 11.5 Å². The molecule has 0 saturated carbocycles. The second kappa shape index (κ2) is 11.2. The molecule has 1 aliphatic heterocycles. The molecule has 0 amide bonds. The number of morpholine rings is 1. The van der Waals surface area contributed by atoms with E-state index in [1.54, 1.807) is 14.2 Å². The van der Waals surface area contributed by atoms with Gasteiger partial charge in [-0.25, -0.2) is 0 Å². The summed E-state index contributed by atoms with van der Waals surface area (Å²) in [5.41, 5.74) is 1.15. The largest absolute Gasteiger partial charge is 0.375 e. The summed E-state index contributed by atoms with van der Waals surface area (Å²) in [6.45, 7) is 9.83. The Bertz CT molecular complexity index is 536. The van der Waals surface area contributed by atoms with Crippen molar-refractivity contribution in [3.8, 4) is 0 Å². The van der Waals surface area contributed by atoms with Gasteiger partial charge in [0, 0.05) is 46.9 Å². The molecule has 1 saturated heterocycles. The van der Waals surface area contributed by atoms with Crippen molar-refractivity contribution in [3.63, 3.8) is 0 Å². The van der Waals surface area contributed by atoms with E-state index in [4.69, 9.17) is 9.47 Å².